The maximum atomic E-state index is 9.07. The van der Waals surface area contributed by atoms with Crippen LogP contribution in [0.15, 0.2) is 0 Å². The molecule has 2 nitrogen and oxygen atoms in total. The highest BCUT2D eigenvalue weighted by atomic mass is 16.5. The SMILES string of the molecule is CC(O)(O)C1CCCC1. The molecule has 2 heteroatoms. The van der Waals surface area contributed by atoms with Gasteiger partial charge in [0.2, 0.25) is 0 Å². The highest BCUT2D eigenvalue weighted by Crippen LogP contribution is 2.31. The van der Waals surface area contributed by atoms with E-state index in [9.17, 15) is 0 Å². The van der Waals surface area contributed by atoms with Crippen molar-refractivity contribution in [2.24, 2.45) is 5.92 Å². The van der Waals surface area contributed by atoms with E-state index in [1.54, 1.807) is 0 Å². The quantitative estimate of drug-likeness (QED) is 0.517. The first-order valence-electron chi connectivity index (χ1n) is 3.55. The highest BCUT2D eigenvalue weighted by molar-refractivity contribution is 4.76. The van der Waals surface area contributed by atoms with Gasteiger partial charge in [-0.05, 0) is 19.8 Å². The van der Waals surface area contributed by atoms with Gasteiger partial charge in [0.1, 0.15) is 0 Å². The van der Waals surface area contributed by atoms with Crippen molar-refractivity contribution in [1.29, 1.82) is 0 Å². The van der Waals surface area contributed by atoms with Gasteiger partial charge in [0, 0.05) is 5.92 Å². The molecule has 0 aromatic rings. The van der Waals surface area contributed by atoms with Crippen LogP contribution in [0.1, 0.15) is 32.6 Å². The number of hydrogen-bond acceptors (Lipinski definition) is 2. The number of aliphatic hydroxyl groups is 2. The Balaban J connectivity index is 2.42. The molecule has 9 heavy (non-hydrogen) atoms. The molecule has 2 N–H and O–H groups in total. The van der Waals surface area contributed by atoms with Gasteiger partial charge in [-0.2, -0.15) is 0 Å². The largest absolute Gasteiger partial charge is 0.366 e. The van der Waals surface area contributed by atoms with Gasteiger partial charge in [-0.15, -0.1) is 0 Å². The Morgan fingerprint density at radius 1 is 1.22 bits per heavy atom. The summed E-state index contributed by atoms with van der Waals surface area (Å²) in [4.78, 5) is 0. The summed E-state index contributed by atoms with van der Waals surface area (Å²) in [6.07, 6.45) is 4.26. The van der Waals surface area contributed by atoms with Gasteiger partial charge in [-0.25, -0.2) is 0 Å². The zero-order valence-electron chi connectivity index (χ0n) is 5.80. The van der Waals surface area contributed by atoms with Crippen molar-refractivity contribution in [2.75, 3.05) is 0 Å². The lowest BCUT2D eigenvalue weighted by molar-refractivity contribution is -0.183. The van der Waals surface area contributed by atoms with Crippen molar-refractivity contribution < 1.29 is 10.2 Å². The normalized spacial score (nSPS) is 23.0. The first-order valence-corrected chi connectivity index (χ1v) is 3.55. The van der Waals surface area contributed by atoms with Crippen molar-refractivity contribution in [2.45, 2.75) is 38.4 Å². The molecule has 0 unspecified atom stereocenters. The van der Waals surface area contributed by atoms with Crippen LogP contribution in [-0.4, -0.2) is 16.0 Å². The van der Waals surface area contributed by atoms with Crippen LogP contribution in [0.2, 0.25) is 0 Å². The van der Waals surface area contributed by atoms with Crippen LogP contribution in [0.5, 0.6) is 0 Å². The summed E-state index contributed by atoms with van der Waals surface area (Å²) in [5.74, 6) is -1.30. The summed E-state index contributed by atoms with van der Waals surface area (Å²) >= 11 is 0. The third-order valence-corrected chi connectivity index (χ3v) is 2.13. The molecule has 0 aromatic heterocycles. The maximum Gasteiger partial charge on any atom is 0.162 e. The summed E-state index contributed by atoms with van der Waals surface area (Å²) in [5.41, 5.74) is 0. The predicted octanol–water partition coefficient (Wildman–Crippen LogP) is 0.877. The summed E-state index contributed by atoms with van der Waals surface area (Å²) in [6, 6.07) is 0. The first-order chi connectivity index (χ1) is 4.11. The molecule has 0 atom stereocenters. The Labute approximate surface area is 55.5 Å². The van der Waals surface area contributed by atoms with Crippen molar-refractivity contribution >= 4 is 0 Å². The van der Waals surface area contributed by atoms with Crippen molar-refractivity contribution in [3.8, 4) is 0 Å². The molecule has 0 heterocycles. The molecule has 0 aliphatic heterocycles. The molecule has 1 aliphatic carbocycles. The predicted molar refractivity (Wildman–Crippen MR) is 34.8 cm³/mol. The van der Waals surface area contributed by atoms with Crippen molar-refractivity contribution in [3.05, 3.63) is 0 Å². The maximum absolute atomic E-state index is 9.07. The highest BCUT2D eigenvalue weighted by Gasteiger charge is 2.31. The molecule has 0 bridgehead atoms. The lowest BCUT2D eigenvalue weighted by Crippen LogP contribution is -2.31. The molecule has 0 radical (unpaired) electrons. The van der Waals surface area contributed by atoms with Gasteiger partial charge in [-0.1, -0.05) is 12.8 Å². The summed E-state index contributed by atoms with van der Waals surface area (Å²) in [5, 5.41) is 18.1. The van der Waals surface area contributed by atoms with Crippen LogP contribution in [0.4, 0.5) is 0 Å². The Bertz CT molecular complexity index is 87.6. The van der Waals surface area contributed by atoms with Crippen molar-refractivity contribution in [3.63, 3.8) is 0 Å². The number of hydrogen-bond donors (Lipinski definition) is 2. The molecule has 1 rings (SSSR count). The Morgan fingerprint density at radius 3 is 1.89 bits per heavy atom. The third-order valence-electron chi connectivity index (χ3n) is 2.13. The van der Waals surface area contributed by atoms with Crippen LogP contribution >= 0.6 is 0 Å². The van der Waals surface area contributed by atoms with E-state index in [1.165, 1.54) is 6.92 Å². The lowest BCUT2D eigenvalue weighted by atomic mass is 9.99. The average Bonchev–Trinajstić information content (AvgIpc) is 2.08. The van der Waals surface area contributed by atoms with E-state index in [4.69, 9.17) is 10.2 Å². The Morgan fingerprint density at radius 2 is 1.67 bits per heavy atom. The van der Waals surface area contributed by atoms with Gasteiger partial charge < -0.3 is 10.2 Å². The van der Waals surface area contributed by atoms with Crippen LogP contribution in [0, 0.1) is 5.92 Å². The van der Waals surface area contributed by atoms with Gasteiger partial charge in [-0.3, -0.25) is 0 Å². The number of rotatable bonds is 1. The summed E-state index contributed by atoms with van der Waals surface area (Å²) in [7, 11) is 0. The smallest absolute Gasteiger partial charge is 0.162 e. The van der Waals surface area contributed by atoms with Gasteiger partial charge in [0.05, 0.1) is 0 Å². The van der Waals surface area contributed by atoms with E-state index in [1.807, 2.05) is 0 Å². The van der Waals surface area contributed by atoms with E-state index in [0.29, 0.717) is 0 Å². The van der Waals surface area contributed by atoms with E-state index >= 15 is 0 Å². The van der Waals surface area contributed by atoms with Crippen molar-refractivity contribution in [1.82, 2.24) is 0 Å². The summed E-state index contributed by atoms with van der Waals surface area (Å²) in [6.45, 7) is 1.48. The van der Waals surface area contributed by atoms with Crippen LogP contribution in [0.25, 0.3) is 0 Å². The zero-order chi connectivity index (χ0) is 6.91. The fourth-order valence-electron chi connectivity index (χ4n) is 1.47. The molecule has 0 saturated heterocycles. The minimum atomic E-state index is -1.42. The van der Waals surface area contributed by atoms with Gasteiger partial charge >= 0.3 is 0 Å². The monoisotopic (exact) mass is 130 g/mol. The standard InChI is InChI=1S/C7H14O2/c1-7(8,9)6-4-2-3-5-6/h6,8-9H,2-5H2,1H3. The molecule has 0 aromatic carbocycles. The minimum Gasteiger partial charge on any atom is -0.366 e. The second-order valence-electron chi connectivity index (χ2n) is 3.08. The zero-order valence-corrected chi connectivity index (χ0v) is 5.80. The molecule has 0 amide bonds. The van der Waals surface area contributed by atoms with Crippen LogP contribution in [-0.2, 0) is 0 Å². The van der Waals surface area contributed by atoms with E-state index in [0.717, 1.165) is 25.7 Å². The average molecular weight is 130 g/mol. The van der Waals surface area contributed by atoms with E-state index in [-0.39, 0.29) is 5.92 Å². The van der Waals surface area contributed by atoms with E-state index < -0.39 is 5.79 Å². The van der Waals surface area contributed by atoms with Crippen LogP contribution < -0.4 is 0 Å². The molecule has 1 saturated carbocycles. The Kier molecular flexibility index (Phi) is 1.78. The first kappa shape index (κ1) is 7.03. The second kappa shape index (κ2) is 2.27. The molecule has 1 fully saturated rings. The molecule has 54 valence electrons. The third kappa shape index (κ3) is 1.66. The van der Waals surface area contributed by atoms with Gasteiger partial charge in [0.15, 0.2) is 5.79 Å². The fourth-order valence-corrected chi connectivity index (χ4v) is 1.47. The molecule has 0 spiro atoms. The molecule has 1 aliphatic rings. The second-order valence-corrected chi connectivity index (χ2v) is 3.08. The molecular weight excluding hydrogens is 116 g/mol. The molecular formula is C7H14O2. The van der Waals surface area contributed by atoms with Crippen LogP contribution in [0.3, 0.4) is 0 Å². The topological polar surface area (TPSA) is 40.5 Å². The fraction of sp³-hybridized carbons (Fsp3) is 1.00. The summed E-state index contributed by atoms with van der Waals surface area (Å²) < 4.78 is 0. The minimum absolute atomic E-state index is 0.123. The van der Waals surface area contributed by atoms with Gasteiger partial charge in [0.25, 0.3) is 0 Å². The lowest BCUT2D eigenvalue weighted by Gasteiger charge is -2.22. The van der Waals surface area contributed by atoms with E-state index in [2.05, 4.69) is 0 Å². The Hall–Kier alpha value is -0.0800.